The number of nitrogen functional groups attached to an aromatic ring is 1. The minimum atomic E-state index is -1.15. The van der Waals surface area contributed by atoms with Gasteiger partial charge in [0.25, 0.3) is 0 Å². The molecular weight excluding hydrogens is 330 g/mol. The van der Waals surface area contributed by atoms with Gasteiger partial charge in [-0.15, -0.1) is 0 Å². The van der Waals surface area contributed by atoms with Crippen LogP contribution in [0.4, 0.5) is 10.7 Å². The summed E-state index contributed by atoms with van der Waals surface area (Å²) in [6, 6.07) is 0. The molecule has 2 unspecified atom stereocenters. The van der Waals surface area contributed by atoms with Crippen LogP contribution in [0, 0.1) is 0 Å². The number of aliphatic hydroxyl groups excluding tert-OH is 1. The molecule has 0 amide bonds. The number of anilines is 1. The van der Waals surface area contributed by atoms with Crippen molar-refractivity contribution >= 4 is 34.9 Å². The molecule has 11 heteroatoms. The highest BCUT2D eigenvalue weighted by Crippen LogP contribution is 2.47. The molecule has 2 aliphatic heterocycles. The Kier molecular flexibility index (Phi) is 2.92. The van der Waals surface area contributed by atoms with Crippen LogP contribution < -0.4 is 5.73 Å². The molecule has 4 rings (SSSR count). The number of carbonyl (C=O) groups excluding carboxylic acids is 1. The van der Waals surface area contributed by atoms with Crippen molar-refractivity contribution in [3.05, 3.63) is 11.5 Å². The Bertz CT molecular complexity index is 812. The quantitative estimate of drug-likeness (QED) is 0.581. The van der Waals surface area contributed by atoms with Gasteiger partial charge in [0.1, 0.15) is 11.6 Å². The Balaban J connectivity index is 1.86. The van der Waals surface area contributed by atoms with E-state index in [0.29, 0.717) is 11.2 Å². The number of hydrogen-bond acceptors (Lipinski definition) is 9. The van der Waals surface area contributed by atoms with Gasteiger partial charge in [-0.25, -0.2) is 9.78 Å². The maximum Gasteiger partial charge on any atom is 0.509 e. The van der Waals surface area contributed by atoms with Gasteiger partial charge in [-0.05, 0) is 6.92 Å². The van der Waals surface area contributed by atoms with Crippen molar-refractivity contribution in [3.63, 3.8) is 0 Å². The second-order valence-electron chi connectivity index (χ2n) is 5.48. The van der Waals surface area contributed by atoms with Crippen LogP contribution in [0.15, 0.2) is 6.33 Å². The number of halogens is 1. The van der Waals surface area contributed by atoms with Gasteiger partial charge >= 0.3 is 6.16 Å². The Morgan fingerprint density at radius 1 is 1.52 bits per heavy atom. The van der Waals surface area contributed by atoms with Gasteiger partial charge < -0.3 is 25.1 Å². The van der Waals surface area contributed by atoms with Gasteiger partial charge in [0, 0.05) is 0 Å². The zero-order chi connectivity index (χ0) is 16.4. The zero-order valence-electron chi connectivity index (χ0n) is 11.8. The molecule has 0 bridgehead atoms. The van der Waals surface area contributed by atoms with E-state index in [-0.39, 0.29) is 17.7 Å². The number of imidazole rings is 1. The second kappa shape index (κ2) is 4.66. The first kappa shape index (κ1) is 14.4. The molecule has 122 valence electrons. The summed E-state index contributed by atoms with van der Waals surface area (Å²) >= 11 is 6.01. The van der Waals surface area contributed by atoms with E-state index in [2.05, 4.69) is 15.0 Å². The van der Waals surface area contributed by atoms with Crippen LogP contribution in [0.1, 0.15) is 13.2 Å². The van der Waals surface area contributed by atoms with Crippen LogP contribution >= 0.6 is 11.6 Å². The summed E-state index contributed by atoms with van der Waals surface area (Å²) in [7, 11) is 0. The van der Waals surface area contributed by atoms with E-state index in [9.17, 15) is 9.90 Å². The van der Waals surface area contributed by atoms with Gasteiger partial charge in [-0.3, -0.25) is 4.57 Å². The number of nitrogens with two attached hydrogens (primary N) is 1. The Labute approximate surface area is 134 Å². The van der Waals surface area contributed by atoms with E-state index in [1.54, 1.807) is 6.92 Å². The molecule has 2 aliphatic rings. The van der Waals surface area contributed by atoms with Crippen molar-refractivity contribution in [2.24, 2.45) is 0 Å². The lowest BCUT2D eigenvalue weighted by molar-refractivity contribution is -0.0908. The van der Waals surface area contributed by atoms with Crippen LogP contribution in [0.2, 0.25) is 5.15 Å². The number of ether oxygens (including phenoxy) is 3. The average Bonchev–Trinajstić information content (AvgIpc) is 3.08. The highest BCUT2D eigenvalue weighted by atomic mass is 35.5. The number of aliphatic hydroxyl groups is 1. The summed E-state index contributed by atoms with van der Waals surface area (Å²) in [5, 5.41) is 9.57. The maximum absolute atomic E-state index is 11.5. The van der Waals surface area contributed by atoms with E-state index < -0.39 is 30.2 Å². The van der Waals surface area contributed by atoms with E-state index >= 15 is 0 Å². The molecule has 0 saturated carbocycles. The first-order valence-electron chi connectivity index (χ1n) is 6.75. The number of carbonyl (C=O) groups is 1. The monoisotopic (exact) mass is 341 g/mol. The highest BCUT2D eigenvalue weighted by Gasteiger charge is 2.64. The summed E-state index contributed by atoms with van der Waals surface area (Å²) in [5.74, 6) is -0.0256. The lowest BCUT2D eigenvalue weighted by Gasteiger charge is -2.26. The van der Waals surface area contributed by atoms with Gasteiger partial charge in [0.2, 0.25) is 5.95 Å². The first-order chi connectivity index (χ1) is 10.9. The lowest BCUT2D eigenvalue weighted by atomic mass is 9.96. The molecule has 3 N–H and O–H groups in total. The van der Waals surface area contributed by atoms with Gasteiger partial charge in [-0.1, -0.05) is 11.6 Å². The van der Waals surface area contributed by atoms with Crippen LogP contribution in [-0.2, 0) is 14.2 Å². The van der Waals surface area contributed by atoms with Crippen molar-refractivity contribution in [2.75, 3.05) is 12.3 Å². The van der Waals surface area contributed by atoms with Crippen LogP contribution in [0.5, 0.6) is 0 Å². The average molecular weight is 342 g/mol. The van der Waals surface area contributed by atoms with Gasteiger partial charge in [0.05, 0.1) is 12.9 Å². The van der Waals surface area contributed by atoms with Gasteiger partial charge in [0.15, 0.2) is 28.7 Å². The fourth-order valence-electron chi connectivity index (χ4n) is 3.04. The fraction of sp³-hybridized carbons (Fsp3) is 0.500. The molecule has 0 spiro atoms. The van der Waals surface area contributed by atoms with Crippen molar-refractivity contribution in [2.45, 2.75) is 31.0 Å². The third-order valence-corrected chi connectivity index (χ3v) is 4.32. The number of fused-ring (bicyclic) bond motifs is 2. The summed E-state index contributed by atoms with van der Waals surface area (Å²) in [4.78, 5) is 23.6. The molecule has 2 fully saturated rings. The predicted molar refractivity (Wildman–Crippen MR) is 75.5 cm³/mol. The zero-order valence-corrected chi connectivity index (χ0v) is 12.6. The summed E-state index contributed by atoms with van der Waals surface area (Å²) in [6.07, 6.45) is -1.68. The molecule has 2 saturated heterocycles. The summed E-state index contributed by atoms with van der Waals surface area (Å²) < 4.78 is 17.7. The molecule has 2 aromatic heterocycles. The van der Waals surface area contributed by atoms with Gasteiger partial charge in [-0.2, -0.15) is 9.97 Å². The third kappa shape index (κ3) is 1.89. The largest absolute Gasteiger partial charge is 0.509 e. The van der Waals surface area contributed by atoms with E-state index in [0.717, 1.165) is 0 Å². The molecule has 0 radical (unpaired) electrons. The maximum atomic E-state index is 11.5. The minimum Gasteiger partial charge on any atom is -0.424 e. The predicted octanol–water partition coefficient (Wildman–Crippen LogP) is 0.246. The molecule has 23 heavy (non-hydrogen) atoms. The van der Waals surface area contributed by atoms with Crippen molar-refractivity contribution < 1.29 is 24.1 Å². The number of hydrogen-bond donors (Lipinski definition) is 2. The van der Waals surface area contributed by atoms with Crippen molar-refractivity contribution in [1.82, 2.24) is 19.5 Å². The Morgan fingerprint density at radius 2 is 2.30 bits per heavy atom. The topological polar surface area (TPSA) is 135 Å². The number of nitrogens with zero attached hydrogens (tertiary/aromatic N) is 4. The molecule has 4 atom stereocenters. The second-order valence-corrected chi connectivity index (χ2v) is 5.84. The fourth-order valence-corrected chi connectivity index (χ4v) is 3.26. The van der Waals surface area contributed by atoms with Crippen LogP contribution in [0.3, 0.4) is 0 Å². The standard InChI is InChI=1S/C12H12ClN5O5/c1-12-6(22-11(20)23-12)4(2-19)21-9(12)18-3-15-5-7(13)16-10(14)17-8(5)18/h3-4,6,9,19H,2H2,1H3,(H2,14,16,17)/t4-,6?,9-,12?/m1/s1. The van der Waals surface area contributed by atoms with Crippen LogP contribution in [0.25, 0.3) is 11.2 Å². The normalized spacial score (nSPS) is 32.8. The number of rotatable bonds is 2. The number of aromatic nitrogens is 4. The Morgan fingerprint density at radius 3 is 3.04 bits per heavy atom. The summed E-state index contributed by atoms with van der Waals surface area (Å²) in [6.45, 7) is 1.32. The van der Waals surface area contributed by atoms with Crippen LogP contribution in [-0.4, -0.2) is 55.2 Å². The summed E-state index contributed by atoms with van der Waals surface area (Å²) in [5.41, 5.74) is 5.14. The minimum absolute atomic E-state index is 0.0256. The molecule has 0 aliphatic carbocycles. The Hall–Kier alpha value is -2.17. The smallest absolute Gasteiger partial charge is 0.424 e. The highest BCUT2D eigenvalue weighted by molar-refractivity contribution is 6.33. The van der Waals surface area contributed by atoms with E-state index in [4.69, 9.17) is 31.5 Å². The lowest BCUT2D eigenvalue weighted by Crippen LogP contribution is -2.41. The van der Waals surface area contributed by atoms with Crippen molar-refractivity contribution in [3.8, 4) is 0 Å². The third-order valence-electron chi connectivity index (χ3n) is 4.05. The molecule has 4 heterocycles. The first-order valence-corrected chi connectivity index (χ1v) is 7.13. The van der Waals surface area contributed by atoms with E-state index in [1.807, 2.05) is 0 Å². The SMILES string of the molecule is CC12OC(=O)OC1[C@@H](CO)O[C@H]2n1cnc2c(Cl)nc(N)nc21. The van der Waals surface area contributed by atoms with Crippen molar-refractivity contribution in [1.29, 1.82) is 0 Å². The molecular formula is C12H12ClN5O5. The molecule has 2 aromatic rings. The van der Waals surface area contributed by atoms with E-state index in [1.165, 1.54) is 10.9 Å². The molecule has 0 aromatic carbocycles. The molecule has 10 nitrogen and oxygen atoms in total.